The van der Waals surface area contributed by atoms with Gasteiger partial charge in [0.2, 0.25) is 0 Å². The van der Waals surface area contributed by atoms with Crippen molar-refractivity contribution in [3.05, 3.63) is 59.4 Å². The Morgan fingerprint density at radius 3 is 2.45 bits per heavy atom. The Morgan fingerprint density at radius 2 is 1.77 bits per heavy atom. The van der Waals surface area contributed by atoms with Crippen LogP contribution in [0.15, 0.2) is 42.5 Å². The highest BCUT2D eigenvalue weighted by molar-refractivity contribution is 5.89. The quantitative estimate of drug-likeness (QED) is 0.681. The van der Waals surface area contributed by atoms with E-state index in [2.05, 4.69) is 32.7 Å². The lowest BCUT2D eigenvalue weighted by Gasteiger charge is -2.34. The van der Waals surface area contributed by atoms with Gasteiger partial charge in [-0.05, 0) is 71.8 Å². The summed E-state index contributed by atoms with van der Waals surface area (Å²) in [5.41, 5.74) is 4.09. The molecule has 31 heavy (non-hydrogen) atoms. The van der Waals surface area contributed by atoms with Crippen LogP contribution in [0, 0.1) is 13.8 Å². The van der Waals surface area contributed by atoms with E-state index in [0.29, 0.717) is 19.6 Å². The molecular formula is C22H27N7O2. The molecule has 1 N–H and O–H groups in total. The van der Waals surface area contributed by atoms with Crippen LogP contribution >= 0.6 is 0 Å². The number of carbonyl (C=O) groups is 1. The Morgan fingerprint density at radius 1 is 1.03 bits per heavy atom. The van der Waals surface area contributed by atoms with E-state index in [1.54, 1.807) is 11.8 Å². The fourth-order valence-electron chi connectivity index (χ4n) is 3.56. The Hall–Kier alpha value is -3.46. The fraction of sp³-hybridized carbons (Fsp3) is 0.364. The van der Waals surface area contributed by atoms with Gasteiger partial charge in [0, 0.05) is 31.9 Å². The number of methoxy groups -OCH3 is 1. The molecule has 2 heterocycles. The minimum absolute atomic E-state index is 0.0639. The SMILES string of the molecule is COc1ccc(-n2nnnc2CN2CCN(C(=O)Nc3ccc(C)c(C)c3)CC2)cc1. The second-order valence-corrected chi connectivity index (χ2v) is 7.70. The van der Waals surface area contributed by atoms with Crippen molar-refractivity contribution in [3.63, 3.8) is 0 Å². The van der Waals surface area contributed by atoms with E-state index in [-0.39, 0.29) is 6.03 Å². The van der Waals surface area contributed by atoms with Gasteiger partial charge >= 0.3 is 6.03 Å². The highest BCUT2D eigenvalue weighted by Crippen LogP contribution is 2.17. The van der Waals surface area contributed by atoms with E-state index in [9.17, 15) is 4.79 Å². The molecule has 0 unspecified atom stereocenters. The number of rotatable bonds is 5. The van der Waals surface area contributed by atoms with E-state index in [4.69, 9.17) is 4.74 Å². The molecular weight excluding hydrogens is 394 g/mol. The van der Waals surface area contributed by atoms with Crippen LogP contribution in [0.5, 0.6) is 5.75 Å². The lowest BCUT2D eigenvalue weighted by molar-refractivity contribution is 0.140. The van der Waals surface area contributed by atoms with Crippen LogP contribution in [0.2, 0.25) is 0 Å². The molecule has 162 valence electrons. The molecule has 1 aliphatic heterocycles. The fourth-order valence-corrected chi connectivity index (χ4v) is 3.56. The Balaban J connectivity index is 1.33. The number of urea groups is 1. The summed E-state index contributed by atoms with van der Waals surface area (Å²) in [7, 11) is 1.64. The van der Waals surface area contributed by atoms with Crippen LogP contribution in [0.1, 0.15) is 17.0 Å². The number of amides is 2. The summed E-state index contributed by atoms with van der Waals surface area (Å²) in [6, 6.07) is 13.5. The maximum absolute atomic E-state index is 12.6. The first-order chi connectivity index (χ1) is 15.0. The average Bonchev–Trinajstić information content (AvgIpc) is 3.25. The van der Waals surface area contributed by atoms with E-state index in [0.717, 1.165) is 41.6 Å². The number of piperazine rings is 1. The maximum atomic E-state index is 12.6. The number of hydrogen-bond donors (Lipinski definition) is 1. The van der Waals surface area contributed by atoms with Crippen molar-refractivity contribution in [2.45, 2.75) is 20.4 Å². The van der Waals surface area contributed by atoms with E-state index >= 15 is 0 Å². The first-order valence-electron chi connectivity index (χ1n) is 10.3. The van der Waals surface area contributed by atoms with Crippen LogP contribution in [-0.4, -0.2) is 69.3 Å². The van der Waals surface area contributed by atoms with E-state index in [1.807, 2.05) is 54.3 Å². The summed E-state index contributed by atoms with van der Waals surface area (Å²) < 4.78 is 6.94. The summed E-state index contributed by atoms with van der Waals surface area (Å²) >= 11 is 0. The molecule has 2 aromatic carbocycles. The van der Waals surface area contributed by atoms with Crippen LogP contribution in [0.25, 0.3) is 5.69 Å². The number of benzene rings is 2. The van der Waals surface area contributed by atoms with Gasteiger partial charge in [-0.3, -0.25) is 4.90 Å². The Kier molecular flexibility index (Phi) is 6.13. The number of aromatic nitrogens is 4. The molecule has 0 saturated carbocycles. The third kappa shape index (κ3) is 4.83. The molecule has 2 amide bonds. The van der Waals surface area contributed by atoms with Gasteiger partial charge < -0.3 is 15.0 Å². The molecule has 3 aromatic rings. The van der Waals surface area contributed by atoms with E-state index in [1.165, 1.54) is 5.56 Å². The second kappa shape index (κ2) is 9.13. The van der Waals surface area contributed by atoms with Crippen molar-refractivity contribution in [2.24, 2.45) is 0 Å². The van der Waals surface area contributed by atoms with Crippen molar-refractivity contribution in [2.75, 3.05) is 38.6 Å². The molecule has 1 aliphatic rings. The van der Waals surface area contributed by atoms with Gasteiger partial charge in [-0.25, -0.2) is 4.79 Å². The smallest absolute Gasteiger partial charge is 0.321 e. The average molecular weight is 422 g/mol. The van der Waals surface area contributed by atoms with Crippen molar-refractivity contribution < 1.29 is 9.53 Å². The number of aryl methyl sites for hydroxylation is 2. The minimum Gasteiger partial charge on any atom is -0.497 e. The van der Waals surface area contributed by atoms with Gasteiger partial charge in [0.1, 0.15) is 5.75 Å². The molecule has 0 aliphatic carbocycles. The van der Waals surface area contributed by atoms with Gasteiger partial charge in [-0.1, -0.05) is 6.07 Å². The Bertz CT molecular complexity index is 1040. The molecule has 0 atom stereocenters. The summed E-state index contributed by atoms with van der Waals surface area (Å²) in [6.07, 6.45) is 0. The zero-order valence-electron chi connectivity index (χ0n) is 18.1. The van der Waals surface area contributed by atoms with Gasteiger partial charge in [-0.15, -0.1) is 5.10 Å². The van der Waals surface area contributed by atoms with Crippen molar-refractivity contribution in [1.82, 2.24) is 30.0 Å². The van der Waals surface area contributed by atoms with Crippen molar-refractivity contribution in [1.29, 1.82) is 0 Å². The molecule has 1 aromatic heterocycles. The maximum Gasteiger partial charge on any atom is 0.321 e. The first kappa shape index (κ1) is 20.8. The largest absolute Gasteiger partial charge is 0.497 e. The molecule has 0 bridgehead atoms. The van der Waals surface area contributed by atoms with Gasteiger partial charge in [-0.2, -0.15) is 4.68 Å². The molecule has 1 fully saturated rings. The normalized spacial score (nSPS) is 14.5. The lowest BCUT2D eigenvalue weighted by atomic mass is 10.1. The highest BCUT2D eigenvalue weighted by Gasteiger charge is 2.23. The van der Waals surface area contributed by atoms with Gasteiger partial charge in [0.05, 0.1) is 19.3 Å². The topological polar surface area (TPSA) is 88.4 Å². The monoisotopic (exact) mass is 421 g/mol. The predicted molar refractivity (Wildman–Crippen MR) is 117 cm³/mol. The summed E-state index contributed by atoms with van der Waals surface area (Å²) in [6.45, 7) is 7.55. The van der Waals surface area contributed by atoms with Crippen LogP contribution < -0.4 is 10.1 Å². The number of carbonyl (C=O) groups excluding carboxylic acids is 1. The standard InChI is InChI=1S/C22H27N7O2/c1-16-4-5-18(14-17(16)2)23-22(30)28-12-10-27(11-13-28)15-21-24-25-26-29(21)19-6-8-20(31-3)9-7-19/h4-9,14H,10-13,15H2,1-3H3,(H,23,30). The Labute approximate surface area is 181 Å². The molecule has 4 rings (SSSR count). The lowest BCUT2D eigenvalue weighted by Crippen LogP contribution is -2.49. The predicted octanol–water partition coefficient (Wildman–Crippen LogP) is 2.64. The molecule has 0 spiro atoms. The highest BCUT2D eigenvalue weighted by atomic mass is 16.5. The summed E-state index contributed by atoms with van der Waals surface area (Å²) in [5, 5.41) is 15.2. The molecule has 9 nitrogen and oxygen atoms in total. The summed E-state index contributed by atoms with van der Waals surface area (Å²) in [4.78, 5) is 16.7. The first-order valence-corrected chi connectivity index (χ1v) is 10.3. The number of hydrogen-bond acceptors (Lipinski definition) is 6. The third-order valence-electron chi connectivity index (χ3n) is 5.63. The van der Waals surface area contributed by atoms with Gasteiger partial charge in [0.25, 0.3) is 0 Å². The van der Waals surface area contributed by atoms with Crippen LogP contribution in [0.3, 0.4) is 0 Å². The number of tetrazole rings is 1. The third-order valence-corrected chi connectivity index (χ3v) is 5.63. The molecule has 0 radical (unpaired) electrons. The van der Waals surface area contributed by atoms with Crippen LogP contribution in [-0.2, 0) is 6.54 Å². The summed E-state index contributed by atoms with van der Waals surface area (Å²) in [5.74, 6) is 1.55. The zero-order valence-corrected chi connectivity index (χ0v) is 18.1. The minimum atomic E-state index is -0.0639. The van der Waals surface area contributed by atoms with Crippen LogP contribution in [0.4, 0.5) is 10.5 Å². The molecule has 1 saturated heterocycles. The second-order valence-electron chi connectivity index (χ2n) is 7.70. The zero-order chi connectivity index (χ0) is 21.8. The van der Waals surface area contributed by atoms with E-state index < -0.39 is 0 Å². The van der Waals surface area contributed by atoms with Gasteiger partial charge in [0.15, 0.2) is 5.82 Å². The van der Waals surface area contributed by atoms with Crippen molar-refractivity contribution in [3.8, 4) is 11.4 Å². The number of nitrogens with one attached hydrogen (secondary N) is 1. The van der Waals surface area contributed by atoms with Crippen molar-refractivity contribution >= 4 is 11.7 Å². The number of ether oxygens (including phenoxy) is 1. The molecule has 9 heteroatoms. The number of anilines is 1. The number of nitrogens with zero attached hydrogens (tertiary/aromatic N) is 6.